The molecule has 2 N–H and O–H groups in total. The monoisotopic (exact) mass is 483 g/mol. The Hall–Kier alpha value is -4.09. The van der Waals surface area contributed by atoms with Gasteiger partial charge in [0.2, 0.25) is 5.91 Å². The molecule has 4 rings (SSSR count). The third-order valence-corrected chi connectivity index (χ3v) is 5.41. The van der Waals surface area contributed by atoms with E-state index in [-0.39, 0.29) is 47.5 Å². The number of amides is 3. The summed E-state index contributed by atoms with van der Waals surface area (Å²) in [5.74, 6) is -1.89. The van der Waals surface area contributed by atoms with Crippen molar-refractivity contribution in [3.63, 3.8) is 0 Å². The van der Waals surface area contributed by atoms with Gasteiger partial charge in [-0.2, -0.15) is 9.61 Å². The van der Waals surface area contributed by atoms with Gasteiger partial charge in [-0.05, 0) is 46.8 Å². The highest BCUT2D eigenvalue weighted by atomic mass is 19.1. The van der Waals surface area contributed by atoms with Gasteiger partial charge in [-0.1, -0.05) is 0 Å². The van der Waals surface area contributed by atoms with Gasteiger partial charge in [0.1, 0.15) is 29.5 Å². The van der Waals surface area contributed by atoms with Gasteiger partial charge in [0, 0.05) is 17.6 Å². The first-order chi connectivity index (χ1) is 16.4. The molecule has 0 bridgehead atoms. The van der Waals surface area contributed by atoms with Crippen LogP contribution >= 0.6 is 0 Å². The lowest BCUT2D eigenvalue weighted by molar-refractivity contribution is -0.116. The van der Waals surface area contributed by atoms with Crippen LogP contribution in [-0.4, -0.2) is 53.4 Å². The molecule has 35 heavy (non-hydrogen) atoms. The summed E-state index contributed by atoms with van der Waals surface area (Å²) in [5.41, 5.74) is -0.716. The van der Waals surface area contributed by atoms with Crippen LogP contribution in [0.15, 0.2) is 29.2 Å². The number of hydrogen-bond acceptors (Lipinski definition) is 6. The summed E-state index contributed by atoms with van der Waals surface area (Å²) in [6.45, 7) is 8.77. The minimum Gasteiger partial charge on any atom is -0.346 e. The fraction of sp³-hybridized carbons (Fsp3) is 0.391. The van der Waals surface area contributed by atoms with E-state index in [1.807, 2.05) is 13.8 Å². The zero-order chi connectivity index (χ0) is 25.7. The second-order valence-electron chi connectivity index (χ2n) is 9.66. The van der Waals surface area contributed by atoms with E-state index in [1.165, 1.54) is 21.6 Å². The highest BCUT2D eigenvalue weighted by Gasteiger charge is 2.36. The smallest absolute Gasteiger partial charge is 0.280 e. The Morgan fingerprint density at radius 2 is 1.91 bits per heavy atom. The van der Waals surface area contributed by atoms with Crippen LogP contribution in [0.4, 0.5) is 10.2 Å². The molecular weight excluding hydrogens is 457 g/mol. The van der Waals surface area contributed by atoms with Gasteiger partial charge < -0.3 is 20.1 Å². The van der Waals surface area contributed by atoms with Crippen molar-refractivity contribution in [2.24, 2.45) is 0 Å². The largest absolute Gasteiger partial charge is 0.346 e. The molecule has 12 heteroatoms. The maximum absolute atomic E-state index is 13.2. The quantitative estimate of drug-likeness (QED) is 0.566. The highest BCUT2D eigenvalue weighted by Crippen LogP contribution is 2.24. The maximum atomic E-state index is 13.2. The van der Waals surface area contributed by atoms with Gasteiger partial charge in [0.15, 0.2) is 5.69 Å². The SMILES string of the molecule is CC(C)N1Cc2c(n(CC(=O)Nc3ccc(F)cn3)c3cc(C(=O)NC(C)(C)C)nn3c2=O)C1=O. The summed E-state index contributed by atoms with van der Waals surface area (Å²) >= 11 is 0. The van der Waals surface area contributed by atoms with E-state index in [2.05, 4.69) is 20.7 Å². The molecule has 1 aliphatic rings. The molecule has 3 aromatic heterocycles. The first-order valence-electron chi connectivity index (χ1n) is 11.1. The molecule has 184 valence electrons. The third-order valence-electron chi connectivity index (χ3n) is 5.41. The van der Waals surface area contributed by atoms with Crippen molar-refractivity contribution >= 4 is 29.2 Å². The molecule has 0 spiro atoms. The number of halogens is 1. The predicted molar refractivity (Wildman–Crippen MR) is 125 cm³/mol. The molecular formula is C23H26FN7O4. The Morgan fingerprint density at radius 1 is 1.20 bits per heavy atom. The first kappa shape index (κ1) is 24.0. The zero-order valence-corrected chi connectivity index (χ0v) is 20.0. The van der Waals surface area contributed by atoms with Crippen molar-refractivity contribution < 1.29 is 18.8 Å². The number of anilines is 1. The van der Waals surface area contributed by atoms with Crippen LogP contribution in [-0.2, 0) is 17.9 Å². The molecule has 0 saturated heterocycles. The summed E-state index contributed by atoms with van der Waals surface area (Å²) in [4.78, 5) is 57.4. The van der Waals surface area contributed by atoms with E-state index in [9.17, 15) is 23.6 Å². The van der Waals surface area contributed by atoms with Crippen molar-refractivity contribution in [2.45, 2.75) is 59.3 Å². The molecule has 0 atom stereocenters. The van der Waals surface area contributed by atoms with Crippen molar-refractivity contribution in [3.8, 4) is 0 Å². The molecule has 0 radical (unpaired) electrons. The minimum absolute atomic E-state index is 0.0248. The highest BCUT2D eigenvalue weighted by molar-refractivity contribution is 5.99. The second-order valence-corrected chi connectivity index (χ2v) is 9.66. The lowest BCUT2D eigenvalue weighted by Crippen LogP contribution is -2.40. The number of aromatic nitrogens is 4. The van der Waals surface area contributed by atoms with Crippen molar-refractivity contribution in [2.75, 3.05) is 5.32 Å². The predicted octanol–water partition coefficient (Wildman–Crippen LogP) is 1.56. The number of nitrogens with zero attached hydrogens (tertiary/aromatic N) is 5. The third kappa shape index (κ3) is 4.63. The Kier molecular flexibility index (Phi) is 5.91. The normalized spacial score (nSPS) is 13.5. The van der Waals surface area contributed by atoms with Gasteiger partial charge >= 0.3 is 0 Å². The van der Waals surface area contributed by atoms with Crippen LogP contribution in [0.2, 0.25) is 0 Å². The fourth-order valence-corrected chi connectivity index (χ4v) is 3.85. The number of fused-ring (bicyclic) bond motifs is 2. The van der Waals surface area contributed by atoms with Gasteiger partial charge in [-0.15, -0.1) is 0 Å². The Labute approximate surface area is 199 Å². The lowest BCUT2D eigenvalue weighted by atomic mass is 10.1. The number of rotatable bonds is 5. The number of carbonyl (C=O) groups excluding carboxylic acids is 3. The van der Waals surface area contributed by atoms with E-state index in [1.54, 1.807) is 20.8 Å². The number of hydrogen-bond donors (Lipinski definition) is 2. The van der Waals surface area contributed by atoms with Crippen LogP contribution in [0.3, 0.4) is 0 Å². The average molecular weight is 484 g/mol. The van der Waals surface area contributed by atoms with E-state index in [0.717, 1.165) is 16.8 Å². The second kappa shape index (κ2) is 8.60. The Bertz CT molecular complexity index is 1400. The average Bonchev–Trinajstić information content (AvgIpc) is 3.34. The molecule has 3 amide bonds. The van der Waals surface area contributed by atoms with Crippen LogP contribution in [0.1, 0.15) is 61.2 Å². The first-order valence-corrected chi connectivity index (χ1v) is 11.1. The van der Waals surface area contributed by atoms with Crippen molar-refractivity contribution in [1.29, 1.82) is 0 Å². The zero-order valence-electron chi connectivity index (χ0n) is 20.0. The maximum Gasteiger partial charge on any atom is 0.280 e. The van der Waals surface area contributed by atoms with Gasteiger partial charge in [-0.3, -0.25) is 19.2 Å². The lowest BCUT2D eigenvalue weighted by Gasteiger charge is -2.20. The summed E-state index contributed by atoms with van der Waals surface area (Å²) in [5, 5.41) is 9.52. The summed E-state index contributed by atoms with van der Waals surface area (Å²) in [6, 6.07) is 3.65. The molecule has 1 aliphatic heterocycles. The molecule has 0 aromatic carbocycles. The summed E-state index contributed by atoms with van der Waals surface area (Å²) < 4.78 is 15.6. The van der Waals surface area contributed by atoms with E-state index in [0.29, 0.717) is 0 Å². The Morgan fingerprint density at radius 3 is 2.51 bits per heavy atom. The number of pyridine rings is 1. The standard InChI is InChI=1S/C23H26FN7O4/c1-12(2)29-10-14-19(22(29)35)30(11-17(32)26-16-7-6-13(24)9-25-16)18-8-15(28-31(18)21(14)34)20(33)27-23(3,4)5/h6-9,12H,10-11H2,1-5H3,(H,27,33)(H,25,26,32). The molecule has 11 nitrogen and oxygen atoms in total. The van der Waals surface area contributed by atoms with Crippen molar-refractivity contribution in [1.82, 2.24) is 29.4 Å². The fourth-order valence-electron chi connectivity index (χ4n) is 3.85. The van der Waals surface area contributed by atoms with E-state index >= 15 is 0 Å². The van der Waals surface area contributed by atoms with Crippen LogP contribution < -0.4 is 16.2 Å². The summed E-state index contributed by atoms with van der Waals surface area (Å²) in [7, 11) is 0. The molecule has 0 aliphatic carbocycles. The molecule has 0 saturated carbocycles. The number of carbonyl (C=O) groups is 3. The summed E-state index contributed by atoms with van der Waals surface area (Å²) in [6.07, 6.45) is 0.964. The molecule has 0 unspecified atom stereocenters. The molecule has 0 fully saturated rings. The van der Waals surface area contributed by atoms with Gasteiger partial charge in [0.25, 0.3) is 17.4 Å². The van der Waals surface area contributed by atoms with E-state index < -0.39 is 34.6 Å². The van der Waals surface area contributed by atoms with Crippen molar-refractivity contribution in [3.05, 3.63) is 57.5 Å². The van der Waals surface area contributed by atoms with Crippen LogP contribution in [0.25, 0.3) is 5.65 Å². The Balaban J connectivity index is 1.81. The van der Waals surface area contributed by atoms with Gasteiger partial charge in [0.05, 0.1) is 18.3 Å². The topological polar surface area (TPSA) is 131 Å². The molecule has 4 heterocycles. The van der Waals surface area contributed by atoms with E-state index in [4.69, 9.17) is 0 Å². The van der Waals surface area contributed by atoms with Crippen LogP contribution in [0, 0.1) is 5.82 Å². The number of nitrogens with one attached hydrogen (secondary N) is 2. The minimum atomic E-state index is -0.561. The van der Waals surface area contributed by atoms with Gasteiger partial charge in [-0.25, -0.2) is 9.37 Å². The molecule has 3 aromatic rings. The van der Waals surface area contributed by atoms with Crippen LogP contribution in [0.5, 0.6) is 0 Å².